The molecule has 0 aromatic heterocycles. The molecule has 0 radical (unpaired) electrons. The van der Waals surface area contributed by atoms with Crippen LogP contribution in [-0.4, -0.2) is 18.5 Å². The molecule has 0 aliphatic carbocycles. The molecule has 94 valence electrons. The Hall–Kier alpha value is -1.22. The maximum atomic E-state index is 13.0. The van der Waals surface area contributed by atoms with Crippen molar-refractivity contribution < 1.29 is 9.13 Å². The van der Waals surface area contributed by atoms with Crippen LogP contribution in [0.15, 0.2) is 23.2 Å². The van der Waals surface area contributed by atoms with Gasteiger partial charge in [0.1, 0.15) is 12.0 Å². The highest BCUT2D eigenvalue weighted by Gasteiger charge is 2.08. The van der Waals surface area contributed by atoms with Gasteiger partial charge in [0, 0.05) is 12.3 Å². The van der Waals surface area contributed by atoms with Crippen molar-refractivity contribution in [3.05, 3.63) is 35.1 Å². The molecule has 3 heteroatoms. The predicted molar refractivity (Wildman–Crippen MR) is 69.1 cm³/mol. The Labute approximate surface area is 103 Å². The molecular formula is C14H20FNO. The molecule has 0 saturated heterocycles. The number of nitrogens with zero attached hydrogens (tertiary/aromatic N) is 1. The first kappa shape index (κ1) is 13.8. The highest BCUT2D eigenvalue weighted by molar-refractivity contribution is 6.01. The minimum absolute atomic E-state index is 0.153. The summed E-state index contributed by atoms with van der Waals surface area (Å²) in [6, 6.07) is 4.79. The van der Waals surface area contributed by atoms with Crippen molar-refractivity contribution in [1.29, 1.82) is 0 Å². The summed E-state index contributed by atoms with van der Waals surface area (Å²) in [5.74, 6) is -0.209. The third-order valence-corrected chi connectivity index (χ3v) is 2.58. The van der Waals surface area contributed by atoms with Crippen LogP contribution >= 0.6 is 0 Å². The highest BCUT2D eigenvalue weighted by Crippen LogP contribution is 2.14. The summed E-state index contributed by atoms with van der Waals surface area (Å²) in [6.07, 6.45) is 0.656. The molecule has 0 aliphatic rings. The van der Waals surface area contributed by atoms with Gasteiger partial charge in [0.25, 0.3) is 0 Å². The zero-order valence-electron chi connectivity index (χ0n) is 11.0. The topological polar surface area (TPSA) is 21.6 Å². The Morgan fingerprint density at radius 2 is 2.12 bits per heavy atom. The minimum atomic E-state index is -0.209. The van der Waals surface area contributed by atoms with Crippen molar-refractivity contribution in [3.63, 3.8) is 0 Å². The van der Waals surface area contributed by atoms with Crippen LogP contribution in [-0.2, 0) is 4.74 Å². The van der Waals surface area contributed by atoms with Crippen molar-refractivity contribution in [2.45, 2.75) is 40.3 Å². The second kappa shape index (κ2) is 6.50. The Morgan fingerprint density at radius 3 is 2.65 bits per heavy atom. The number of benzene rings is 1. The van der Waals surface area contributed by atoms with Crippen molar-refractivity contribution >= 4 is 5.71 Å². The van der Waals surface area contributed by atoms with E-state index in [1.54, 1.807) is 6.07 Å². The minimum Gasteiger partial charge on any atom is -0.357 e. The van der Waals surface area contributed by atoms with Crippen molar-refractivity contribution in [3.8, 4) is 0 Å². The Balaban J connectivity index is 3.01. The van der Waals surface area contributed by atoms with Crippen LogP contribution in [0, 0.1) is 12.7 Å². The summed E-state index contributed by atoms with van der Waals surface area (Å²) in [7, 11) is 0. The summed E-state index contributed by atoms with van der Waals surface area (Å²) in [4.78, 5) is 4.52. The van der Waals surface area contributed by atoms with Gasteiger partial charge in [-0.3, -0.25) is 4.99 Å². The fourth-order valence-corrected chi connectivity index (χ4v) is 1.80. The molecule has 1 unspecified atom stereocenters. The highest BCUT2D eigenvalue weighted by atomic mass is 19.1. The monoisotopic (exact) mass is 237 g/mol. The van der Waals surface area contributed by atoms with Crippen molar-refractivity contribution in [1.82, 2.24) is 0 Å². The third-order valence-electron chi connectivity index (χ3n) is 2.58. The lowest BCUT2D eigenvalue weighted by Crippen LogP contribution is -2.11. The van der Waals surface area contributed by atoms with E-state index in [0.29, 0.717) is 6.61 Å². The lowest BCUT2D eigenvalue weighted by Gasteiger charge is -2.12. The SMILES string of the molecule is CCOC(C)/N=C(\CC)c1ccc(F)cc1C. The quantitative estimate of drug-likeness (QED) is 0.715. The molecule has 17 heavy (non-hydrogen) atoms. The molecule has 1 aromatic rings. The Morgan fingerprint density at radius 1 is 1.41 bits per heavy atom. The molecule has 0 heterocycles. The van der Waals surface area contributed by atoms with E-state index in [-0.39, 0.29) is 12.0 Å². The fourth-order valence-electron chi connectivity index (χ4n) is 1.80. The first-order valence-corrected chi connectivity index (χ1v) is 6.03. The van der Waals surface area contributed by atoms with Crippen LogP contribution in [0.1, 0.15) is 38.3 Å². The van der Waals surface area contributed by atoms with Crippen LogP contribution in [0.4, 0.5) is 4.39 Å². The van der Waals surface area contributed by atoms with Gasteiger partial charge in [-0.05, 0) is 56.5 Å². The van der Waals surface area contributed by atoms with Gasteiger partial charge in [0.2, 0.25) is 0 Å². The smallest absolute Gasteiger partial charge is 0.145 e. The number of aliphatic imine (C=N–C) groups is 1. The van der Waals surface area contributed by atoms with E-state index in [4.69, 9.17) is 4.74 Å². The number of ether oxygens (including phenoxy) is 1. The average molecular weight is 237 g/mol. The van der Waals surface area contributed by atoms with E-state index in [2.05, 4.69) is 4.99 Å². The van der Waals surface area contributed by atoms with E-state index in [1.807, 2.05) is 27.7 Å². The van der Waals surface area contributed by atoms with Crippen LogP contribution in [0.5, 0.6) is 0 Å². The number of hydrogen-bond donors (Lipinski definition) is 0. The van der Waals surface area contributed by atoms with Gasteiger partial charge in [-0.25, -0.2) is 4.39 Å². The lowest BCUT2D eigenvalue weighted by molar-refractivity contribution is 0.0831. The summed E-state index contributed by atoms with van der Waals surface area (Å²) >= 11 is 0. The van der Waals surface area contributed by atoms with Crippen LogP contribution in [0.2, 0.25) is 0 Å². The van der Waals surface area contributed by atoms with Gasteiger partial charge in [-0.15, -0.1) is 0 Å². The summed E-state index contributed by atoms with van der Waals surface area (Å²) in [5.41, 5.74) is 2.87. The third kappa shape index (κ3) is 3.93. The first-order valence-electron chi connectivity index (χ1n) is 6.03. The normalized spacial score (nSPS) is 13.8. The number of hydrogen-bond acceptors (Lipinski definition) is 2. The molecule has 0 bridgehead atoms. The Bertz CT molecular complexity index is 401. The van der Waals surface area contributed by atoms with Gasteiger partial charge < -0.3 is 4.74 Å². The lowest BCUT2D eigenvalue weighted by atomic mass is 10.0. The summed E-state index contributed by atoms with van der Waals surface area (Å²) < 4.78 is 18.4. The predicted octanol–water partition coefficient (Wildman–Crippen LogP) is 3.72. The van der Waals surface area contributed by atoms with E-state index in [9.17, 15) is 4.39 Å². The van der Waals surface area contributed by atoms with Crippen molar-refractivity contribution in [2.24, 2.45) is 4.99 Å². The molecule has 1 aromatic carbocycles. The molecule has 0 spiro atoms. The maximum absolute atomic E-state index is 13.0. The first-order chi connectivity index (χ1) is 8.08. The summed E-state index contributed by atoms with van der Waals surface area (Å²) in [5, 5.41) is 0. The van der Waals surface area contributed by atoms with E-state index in [0.717, 1.165) is 23.3 Å². The molecule has 1 atom stereocenters. The Kier molecular flexibility index (Phi) is 5.29. The van der Waals surface area contributed by atoms with E-state index in [1.165, 1.54) is 12.1 Å². The molecule has 0 fully saturated rings. The molecule has 0 amide bonds. The second-order valence-electron chi connectivity index (χ2n) is 3.94. The fraction of sp³-hybridized carbons (Fsp3) is 0.500. The molecule has 1 rings (SSSR count). The summed E-state index contributed by atoms with van der Waals surface area (Å²) in [6.45, 7) is 8.44. The van der Waals surface area contributed by atoms with E-state index >= 15 is 0 Å². The maximum Gasteiger partial charge on any atom is 0.145 e. The average Bonchev–Trinajstić information content (AvgIpc) is 2.27. The molecule has 0 saturated carbocycles. The zero-order chi connectivity index (χ0) is 12.8. The van der Waals surface area contributed by atoms with Gasteiger partial charge in [0.15, 0.2) is 0 Å². The molecular weight excluding hydrogens is 217 g/mol. The van der Waals surface area contributed by atoms with Gasteiger partial charge in [-0.1, -0.05) is 6.92 Å². The van der Waals surface area contributed by atoms with Crippen LogP contribution in [0.25, 0.3) is 0 Å². The second-order valence-corrected chi connectivity index (χ2v) is 3.94. The molecule has 2 nitrogen and oxygen atoms in total. The van der Waals surface area contributed by atoms with Gasteiger partial charge >= 0.3 is 0 Å². The number of halogens is 1. The molecule has 0 aliphatic heterocycles. The number of aryl methyl sites for hydroxylation is 1. The number of rotatable bonds is 5. The molecule has 0 N–H and O–H groups in total. The van der Waals surface area contributed by atoms with Gasteiger partial charge in [-0.2, -0.15) is 0 Å². The van der Waals surface area contributed by atoms with Crippen LogP contribution in [0.3, 0.4) is 0 Å². The standard InChI is InChI=1S/C14H20FNO/c1-5-14(16-11(4)17-6-2)13-8-7-12(15)9-10(13)3/h7-9,11H,5-6H2,1-4H3/b16-14+. The largest absolute Gasteiger partial charge is 0.357 e. The van der Waals surface area contributed by atoms with Crippen molar-refractivity contribution in [2.75, 3.05) is 6.61 Å². The van der Waals surface area contributed by atoms with E-state index < -0.39 is 0 Å². The van der Waals surface area contributed by atoms with Crippen LogP contribution < -0.4 is 0 Å². The van der Waals surface area contributed by atoms with Gasteiger partial charge in [0.05, 0.1) is 0 Å². The zero-order valence-corrected chi connectivity index (χ0v) is 11.0.